The summed E-state index contributed by atoms with van der Waals surface area (Å²) in [6, 6.07) is 0. The number of piperazine rings is 1. The Morgan fingerprint density at radius 2 is 1.52 bits per heavy atom. The van der Waals surface area contributed by atoms with Crippen LogP contribution in [0.1, 0.15) is 58.3 Å². The summed E-state index contributed by atoms with van der Waals surface area (Å²) in [5.41, 5.74) is 0. The van der Waals surface area contributed by atoms with Crippen LogP contribution < -0.4 is 0 Å². The van der Waals surface area contributed by atoms with Crippen molar-refractivity contribution in [1.29, 1.82) is 0 Å². The molecule has 1 aliphatic heterocycles. The molecule has 0 spiro atoms. The van der Waals surface area contributed by atoms with Gasteiger partial charge in [-0.05, 0) is 25.7 Å². The van der Waals surface area contributed by atoms with Gasteiger partial charge < -0.3 is 14.5 Å². The van der Waals surface area contributed by atoms with Crippen molar-refractivity contribution in [3.63, 3.8) is 0 Å². The van der Waals surface area contributed by atoms with Gasteiger partial charge in [-0.3, -0.25) is 9.59 Å². The normalized spacial score (nSPS) is 19.3. The SMILES string of the molecule is CCOCCCC(=O)N1CCN(C(=O)CCC2CCCC2)CC1. The highest BCUT2D eigenvalue weighted by Gasteiger charge is 2.24. The van der Waals surface area contributed by atoms with Gasteiger partial charge in [0.15, 0.2) is 0 Å². The largest absolute Gasteiger partial charge is 0.382 e. The Labute approximate surface area is 140 Å². The maximum absolute atomic E-state index is 12.3. The minimum Gasteiger partial charge on any atom is -0.382 e. The Kier molecular flexibility index (Phi) is 7.86. The molecule has 0 bridgehead atoms. The summed E-state index contributed by atoms with van der Waals surface area (Å²) in [6.07, 6.45) is 8.35. The lowest BCUT2D eigenvalue weighted by Crippen LogP contribution is -2.50. The fourth-order valence-electron chi connectivity index (χ4n) is 3.62. The number of rotatable bonds is 8. The molecule has 132 valence electrons. The van der Waals surface area contributed by atoms with E-state index < -0.39 is 0 Å². The first-order valence-corrected chi connectivity index (χ1v) is 9.34. The maximum Gasteiger partial charge on any atom is 0.222 e. The molecule has 2 amide bonds. The summed E-state index contributed by atoms with van der Waals surface area (Å²) < 4.78 is 5.27. The molecule has 0 aromatic carbocycles. The lowest BCUT2D eigenvalue weighted by molar-refractivity contribution is -0.139. The summed E-state index contributed by atoms with van der Waals surface area (Å²) in [6.45, 7) is 6.08. The van der Waals surface area contributed by atoms with Crippen LogP contribution in [0.15, 0.2) is 0 Å². The van der Waals surface area contributed by atoms with Crippen molar-refractivity contribution in [3.05, 3.63) is 0 Å². The second-order valence-corrected chi connectivity index (χ2v) is 6.75. The molecule has 2 rings (SSSR count). The first-order chi connectivity index (χ1) is 11.2. The smallest absolute Gasteiger partial charge is 0.222 e. The summed E-state index contributed by atoms with van der Waals surface area (Å²) in [7, 11) is 0. The summed E-state index contributed by atoms with van der Waals surface area (Å²) in [5, 5.41) is 0. The van der Waals surface area contributed by atoms with Crippen molar-refractivity contribution < 1.29 is 14.3 Å². The Morgan fingerprint density at radius 1 is 0.957 bits per heavy atom. The van der Waals surface area contributed by atoms with Crippen LogP contribution in [0.4, 0.5) is 0 Å². The lowest BCUT2D eigenvalue weighted by atomic mass is 10.0. The first kappa shape index (κ1) is 18.2. The molecule has 1 aliphatic carbocycles. The molecule has 0 atom stereocenters. The van der Waals surface area contributed by atoms with Gasteiger partial charge >= 0.3 is 0 Å². The molecule has 0 aromatic rings. The molecule has 0 N–H and O–H groups in total. The highest BCUT2D eigenvalue weighted by molar-refractivity contribution is 5.78. The molecule has 0 radical (unpaired) electrons. The molecule has 0 aromatic heterocycles. The summed E-state index contributed by atoms with van der Waals surface area (Å²) in [4.78, 5) is 28.2. The van der Waals surface area contributed by atoms with Crippen molar-refractivity contribution in [1.82, 2.24) is 9.80 Å². The van der Waals surface area contributed by atoms with E-state index in [1.54, 1.807) is 0 Å². The van der Waals surface area contributed by atoms with Gasteiger partial charge in [-0.1, -0.05) is 25.7 Å². The number of hydrogen-bond donors (Lipinski definition) is 0. The van der Waals surface area contributed by atoms with Gasteiger partial charge in [-0.2, -0.15) is 0 Å². The fourth-order valence-corrected chi connectivity index (χ4v) is 3.62. The molecular formula is C18H32N2O3. The van der Waals surface area contributed by atoms with E-state index in [9.17, 15) is 9.59 Å². The Morgan fingerprint density at radius 3 is 2.09 bits per heavy atom. The van der Waals surface area contributed by atoms with E-state index in [1.807, 2.05) is 16.7 Å². The Hall–Kier alpha value is -1.10. The van der Waals surface area contributed by atoms with E-state index in [1.165, 1.54) is 25.7 Å². The maximum atomic E-state index is 12.3. The quantitative estimate of drug-likeness (QED) is 0.644. The van der Waals surface area contributed by atoms with Crippen molar-refractivity contribution >= 4 is 11.8 Å². The third kappa shape index (κ3) is 6.13. The zero-order valence-corrected chi connectivity index (χ0v) is 14.6. The molecule has 5 nitrogen and oxygen atoms in total. The number of ether oxygens (including phenoxy) is 1. The Bertz CT molecular complexity index is 372. The highest BCUT2D eigenvalue weighted by Crippen LogP contribution is 2.28. The van der Waals surface area contributed by atoms with Crippen molar-refractivity contribution in [2.45, 2.75) is 58.3 Å². The van der Waals surface area contributed by atoms with Crippen LogP contribution in [0.3, 0.4) is 0 Å². The molecule has 0 unspecified atom stereocenters. The molecule has 5 heteroatoms. The van der Waals surface area contributed by atoms with Gasteiger partial charge in [0.1, 0.15) is 0 Å². The predicted molar refractivity (Wildman–Crippen MR) is 90.1 cm³/mol. The minimum absolute atomic E-state index is 0.197. The molecular weight excluding hydrogens is 292 g/mol. The van der Waals surface area contributed by atoms with E-state index in [-0.39, 0.29) is 11.8 Å². The van der Waals surface area contributed by atoms with Crippen molar-refractivity contribution in [2.75, 3.05) is 39.4 Å². The first-order valence-electron chi connectivity index (χ1n) is 9.34. The van der Waals surface area contributed by atoms with E-state index in [2.05, 4.69) is 0 Å². The summed E-state index contributed by atoms with van der Waals surface area (Å²) in [5.74, 6) is 1.25. The topological polar surface area (TPSA) is 49.9 Å². The monoisotopic (exact) mass is 324 g/mol. The van der Waals surface area contributed by atoms with Gasteiger partial charge in [0.05, 0.1) is 0 Å². The van der Waals surface area contributed by atoms with Crippen LogP contribution in [0.5, 0.6) is 0 Å². The van der Waals surface area contributed by atoms with Crippen LogP contribution in [-0.2, 0) is 14.3 Å². The number of carbonyl (C=O) groups is 2. The molecule has 2 fully saturated rings. The fraction of sp³-hybridized carbons (Fsp3) is 0.889. The van der Waals surface area contributed by atoms with Crippen LogP contribution in [-0.4, -0.2) is 61.0 Å². The highest BCUT2D eigenvalue weighted by atomic mass is 16.5. The van der Waals surface area contributed by atoms with Crippen LogP contribution in [0.2, 0.25) is 0 Å². The third-order valence-electron chi connectivity index (χ3n) is 5.11. The van der Waals surface area contributed by atoms with E-state index in [0.29, 0.717) is 52.2 Å². The molecule has 23 heavy (non-hydrogen) atoms. The summed E-state index contributed by atoms with van der Waals surface area (Å²) >= 11 is 0. The van der Waals surface area contributed by atoms with Gasteiger partial charge in [0, 0.05) is 52.2 Å². The second kappa shape index (κ2) is 9.91. The Balaban J connectivity index is 1.60. The standard InChI is InChI=1S/C18H32N2O3/c1-2-23-15-5-8-17(21)19-11-13-20(14-12-19)18(22)10-9-16-6-3-4-7-16/h16H,2-15H2,1H3. The lowest BCUT2D eigenvalue weighted by Gasteiger charge is -2.35. The van der Waals surface area contributed by atoms with Crippen LogP contribution in [0, 0.1) is 5.92 Å². The molecule has 1 heterocycles. The van der Waals surface area contributed by atoms with Gasteiger partial charge in [-0.15, -0.1) is 0 Å². The number of nitrogens with zero attached hydrogens (tertiary/aromatic N) is 2. The van der Waals surface area contributed by atoms with Crippen LogP contribution in [0.25, 0.3) is 0 Å². The van der Waals surface area contributed by atoms with Crippen molar-refractivity contribution in [2.24, 2.45) is 5.92 Å². The average molecular weight is 324 g/mol. The van der Waals surface area contributed by atoms with E-state index >= 15 is 0 Å². The van der Waals surface area contributed by atoms with Gasteiger partial charge in [0.25, 0.3) is 0 Å². The zero-order valence-electron chi connectivity index (χ0n) is 14.6. The predicted octanol–water partition coefficient (Wildman–Crippen LogP) is 2.44. The van der Waals surface area contributed by atoms with E-state index in [4.69, 9.17) is 4.74 Å². The molecule has 1 saturated carbocycles. The van der Waals surface area contributed by atoms with Crippen molar-refractivity contribution in [3.8, 4) is 0 Å². The van der Waals surface area contributed by atoms with Gasteiger partial charge in [0.2, 0.25) is 11.8 Å². The zero-order chi connectivity index (χ0) is 16.5. The number of hydrogen-bond acceptors (Lipinski definition) is 3. The number of carbonyl (C=O) groups excluding carboxylic acids is 2. The average Bonchev–Trinajstić information content (AvgIpc) is 3.10. The van der Waals surface area contributed by atoms with E-state index in [0.717, 1.165) is 18.8 Å². The molecule has 2 aliphatic rings. The third-order valence-corrected chi connectivity index (χ3v) is 5.11. The minimum atomic E-state index is 0.197. The van der Waals surface area contributed by atoms with Crippen LogP contribution >= 0.6 is 0 Å². The van der Waals surface area contributed by atoms with Gasteiger partial charge in [-0.25, -0.2) is 0 Å². The number of amides is 2. The second-order valence-electron chi connectivity index (χ2n) is 6.75. The molecule has 1 saturated heterocycles.